The molecule has 49 heavy (non-hydrogen) atoms. The molecule has 0 aliphatic rings. The van der Waals surface area contributed by atoms with Crippen molar-refractivity contribution < 1.29 is 0 Å². The highest BCUT2D eigenvalue weighted by Gasteiger charge is 2.15. The van der Waals surface area contributed by atoms with Gasteiger partial charge in [-0.25, -0.2) is 0 Å². The Morgan fingerprint density at radius 2 is 0.878 bits per heavy atom. The number of rotatable bonds is 6. The molecule has 4 nitrogen and oxygen atoms in total. The van der Waals surface area contributed by atoms with E-state index in [2.05, 4.69) is 157 Å². The van der Waals surface area contributed by atoms with Crippen LogP contribution in [-0.2, 0) is 0 Å². The Morgan fingerprint density at radius 1 is 0.367 bits per heavy atom. The molecule has 7 aromatic carbocycles. The predicted octanol–water partition coefficient (Wildman–Crippen LogP) is 11.3. The number of nitrogens with zero attached hydrogens (tertiary/aromatic N) is 4. The van der Waals surface area contributed by atoms with Crippen LogP contribution in [0.4, 0.5) is 0 Å². The van der Waals surface area contributed by atoms with E-state index in [4.69, 9.17) is 10.2 Å². The molecule has 0 atom stereocenters. The predicted molar refractivity (Wildman–Crippen MR) is 201 cm³/mol. The standard InChI is InChI=1S/C45H30N4/c1-3-9-31(10-4-1)33-15-17-35(18-16-33)39-27-42(36-21-19-34(20-22-36)32-11-5-2-6-12-32)45-44(28-39)47-49(48-45)40-25-23-37(24-26-40)43-30-46-29-38-13-7-8-14-41(38)43/h1-30H. The van der Waals surface area contributed by atoms with Crippen LogP contribution in [-0.4, -0.2) is 20.0 Å². The minimum Gasteiger partial charge on any atom is -0.263 e. The molecular formula is C45H30N4. The lowest BCUT2D eigenvalue weighted by molar-refractivity contribution is 0.766. The minimum absolute atomic E-state index is 0.842. The van der Waals surface area contributed by atoms with Crippen LogP contribution in [0.5, 0.6) is 0 Å². The molecule has 9 rings (SSSR count). The van der Waals surface area contributed by atoms with E-state index in [1.807, 2.05) is 30.6 Å². The average molecular weight is 627 g/mol. The van der Waals surface area contributed by atoms with Crippen LogP contribution in [0.15, 0.2) is 182 Å². The molecule has 9 aromatic rings. The fourth-order valence-electron chi connectivity index (χ4n) is 6.60. The topological polar surface area (TPSA) is 43.6 Å². The first-order chi connectivity index (χ1) is 24.3. The van der Waals surface area contributed by atoms with Gasteiger partial charge in [-0.05, 0) is 74.2 Å². The summed E-state index contributed by atoms with van der Waals surface area (Å²) in [5.41, 5.74) is 13.9. The van der Waals surface area contributed by atoms with Crippen molar-refractivity contribution in [2.45, 2.75) is 0 Å². The Balaban J connectivity index is 1.13. The van der Waals surface area contributed by atoms with Gasteiger partial charge in [-0.2, -0.15) is 4.80 Å². The summed E-state index contributed by atoms with van der Waals surface area (Å²) >= 11 is 0. The molecule has 0 fully saturated rings. The number of pyridine rings is 1. The lowest BCUT2D eigenvalue weighted by atomic mass is 9.95. The third kappa shape index (κ3) is 5.45. The third-order valence-corrected chi connectivity index (χ3v) is 9.19. The van der Waals surface area contributed by atoms with Crippen molar-refractivity contribution in [2.75, 3.05) is 0 Å². The second kappa shape index (κ2) is 12.2. The Labute approximate surface area is 284 Å². The van der Waals surface area contributed by atoms with Crippen molar-refractivity contribution in [3.05, 3.63) is 182 Å². The fourth-order valence-corrected chi connectivity index (χ4v) is 6.60. The molecule has 0 N–H and O–H groups in total. The van der Waals surface area contributed by atoms with Gasteiger partial charge in [-0.15, -0.1) is 10.2 Å². The molecule has 0 spiro atoms. The third-order valence-electron chi connectivity index (χ3n) is 9.19. The van der Waals surface area contributed by atoms with Crippen LogP contribution in [0.25, 0.3) is 83.1 Å². The Kier molecular flexibility index (Phi) is 7.10. The van der Waals surface area contributed by atoms with Crippen LogP contribution in [0.3, 0.4) is 0 Å². The summed E-state index contributed by atoms with van der Waals surface area (Å²) in [6, 6.07) is 59.6. The lowest BCUT2D eigenvalue weighted by Gasteiger charge is -2.09. The van der Waals surface area contributed by atoms with E-state index in [0.717, 1.165) is 55.5 Å². The monoisotopic (exact) mass is 626 g/mol. The summed E-state index contributed by atoms with van der Waals surface area (Å²) in [5.74, 6) is 0. The van der Waals surface area contributed by atoms with Gasteiger partial charge in [0, 0.05) is 28.9 Å². The highest BCUT2D eigenvalue weighted by molar-refractivity contribution is 5.97. The van der Waals surface area contributed by atoms with Gasteiger partial charge in [0.15, 0.2) is 0 Å². The molecule has 0 radical (unpaired) electrons. The van der Waals surface area contributed by atoms with Gasteiger partial charge >= 0.3 is 0 Å². The smallest absolute Gasteiger partial charge is 0.121 e. The second-order valence-electron chi connectivity index (χ2n) is 12.2. The van der Waals surface area contributed by atoms with E-state index in [1.54, 1.807) is 4.80 Å². The maximum absolute atomic E-state index is 5.07. The van der Waals surface area contributed by atoms with Crippen molar-refractivity contribution in [1.29, 1.82) is 0 Å². The number of aromatic nitrogens is 4. The highest BCUT2D eigenvalue weighted by atomic mass is 15.5. The maximum atomic E-state index is 5.07. The van der Waals surface area contributed by atoms with Crippen molar-refractivity contribution in [3.8, 4) is 61.3 Å². The molecule has 2 heterocycles. The number of hydrogen-bond acceptors (Lipinski definition) is 3. The molecule has 0 amide bonds. The minimum atomic E-state index is 0.842. The largest absolute Gasteiger partial charge is 0.263 e. The molecule has 230 valence electrons. The average Bonchev–Trinajstić information content (AvgIpc) is 3.63. The van der Waals surface area contributed by atoms with Gasteiger partial charge in [0.05, 0.1) is 5.69 Å². The first-order valence-electron chi connectivity index (χ1n) is 16.4. The second-order valence-corrected chi connectivity index (χ2v) is 12.2. The van der Waals surface area contributed by atoms with Gasteiger partial charge < -0.3 is 0 Å². The van der Waals surface area contributed by atoms with Crippen molar-refractivity contribution in [1.82, 2.24) is 20.0 Å². The van der Waals surface area contributed by atoms with Crippen molar-refractivity contribution in [3.63, 3.8) is 0 Å². The van der Waals surface area contributed by atoms with Gasteiger partial charge in [0.2, 0.25) is 0 Å². The van der Waals surface area contributed by atoms with Gasteiger partial charge in [-0.1, -0.05) is 146 Å². The zero-order valence-electron chi connectivity index (χ0n) is 26.6. The summed E-state index contributed by atoms with van der Waals surface area (Å²) in [7, 11) is 0. The summed E-state index contributed by atoms with van der Waals surface area (Å²) in [4.78, 5) is 6.23. The lowest BCUT2D eigenvalue weighted by Crippen LogP contribution is -1.98. The van der Waals surface area contributed by atoms with Crippen LogP contribution in [0.1, 0.15) is 0 Å². The molecule has 0 saturated heterocycles. The van der Waals surface area contributed by atoms with E-state index >= 15 is 0 Å². The molecule has 0 aliphatic carbocycles. The molecular weight excluding hydrogens is 597 g/mol. The molecule has 0 unspecified atom stereocenters. The normalized spacial score (nSPS) is 11.3. The van der Waals surface area contributed by atoms with E-state index in [1.165, 1.54) is 27.6 Å². The van der Waals surface area contributed by atoms with Gasteiger partial charge in [0.1, 0.15) is 11.0 Å². The van der Waals surface area contributed by atoms with Crippen LogP contribution in [0, 0.1) is 0 Å². The molecule has 0 aliphatic heterocycles. The summed E-state index contributed by atoms with van der Waals surface area (Å²) in [6.07, 6.45) is 3.84. The summed E-state index contributed by atoms with van der Waals surface area (Å²) < 4.78 is 0. The van der Waals surface area contributed by atoms with Crippen LogP contribution in [0.2, 0.25) is 0 Å². The zero-order chi connectivity index (χ0) is 32.6. The SMILES string of the molecule is c1ccc(-c2ccc(-c3cc(-c4ccc(-c5ccccc5)cc4)c4nn(-c5ccc(-c6cncc7ccccc67)cc5)nc4c3)cc2)cc1. The molecule has 4 heteroatoms. The molecule has 2 aromatic heterocycles. The number of benzene rings is 7. The fraction of sp³-hybridized carbons (Fsp3) is 0. The summed E-state index contributed by atoms with van der Waals surface area (Å²) in [6.45, 7) is 0. The van der Waals surface area contributed by atoms with E-state index in [9.17, 15) is 0 Å². The highest BCUT2D eigenvalue weighted by Crippen LogP contribution is 2.35. The Hall–Kier alpha value is -6.65. The Morgan fingerprint density at radius 3 is 1.53 bits per heavy atom. The number of fused-ring (bicyclic) bond motifs is 2. The number of hydrogen-bond donors (Lipinski definition) is 0. The van der Waals surface area contributed by atoms with Crippen molar-refractivity contribution >= 4 is 21.8 Å². The van der Waals surface area contributed by atoms with Gasteiger partial charge in [0.25, 0.3) is 0 Å². The van der Waals surface area contributed by atoms with E-state index in [0.29, 0.717) is 0 Å². The Bertz CT molecular complexity index is 2550. The maximum Gasteiger partial charge on any atom is 0.121 e. The first-order valence-corrected chi connectivity index (χ1v) is 16.4. The summed E-state index contributed by atoms with van der Waals surface area (Å²) in [5, 5.41) is 12.4. The zero-order valence-corrected chi connectivity index (χ0v) is 26.6. The van der Waals surface area contributed by atoms with Crippen LogP contribution >= 0.6 is 0 Å². The molecule has 0 bridgehead atoms. The van der Waals surface area contributed by atoms with E-state index in [-0.39, 0.29) is 0 Å². The van der Waals surface area contributed by atoms with Crippen LogP contribution < -0.4 is 0 Å². The quantitative estimate of drug-likeness (QED) is 0.184. The van der Waals surface area contributed by atoms with Crippen molar-refractivity contribution in [2.24, 2.45) is 0 Å². The van der Waals surface area contributed by atoms with Gasteiger partial charge in [-0.3, -0.25) is 4.98 Å². The molecule has 0 saturated carbocycles. The first kappa shape index (κ1) is 28.6. The van der Waals surface area contributed by atoms with E-state index < -0.39 is 0 Å².